The van der Waals surface area contributed by atoms with Crippen molar-refractivity contribution < 1.29 is 9.59 Å². The summed E-state index contributed by atoms with van der Waals surface area (Å²) in [6.45, 7) is 4.55. The summed E-state index contributed by atoms with van der Waals surface area (Å²) in [5.74, 6) is -0.00770. The van der Waals surface area contributed by atoms with Gasteiger partial charge in [-0.2, -0.15) is 0 Å². The van der Waals surface area contributed by atoms with Crippen molar-refractivity contribution in [2.24, 2.45) is 0 Å². The first-order chi connectivity index (χ1) is 11.7. The van der Waals surface area contributed by atoms with E-state index in [1.165, 1.54) is 12.8 Å². The molecule has 3 rings (SSSR count). The number of piperidine rings is 2. The maximum Gasteiger partial charge on any atom is 0.272 e. The van der Waals surface area contributed by atoms with E-state index in [4.69, 9.17) is 0 Å². The van der Waals surface area contributed by atoms with Gasteiger partial charge in [0.05, 0.1) is 0 Å². The van der Waals surface area contributed by atoms with Crippen LogP contribution in [0.15, 0.2) is 18.3 Å². The highest BCUT2D eigenvalue weighted by Gasteiger charge is 2.27. The highest BCUT2D eigenvalue weighted by atomic mass is 16.2. The number of pyridine rings is 1. The average molecular weight is 329 g/mol. The van der Waals surface area contributed by atoms with Crippen molar-refractivity contribution in [2.45, 2.75) is 57.9 Å². The van der Waals surface area contributed by atoms with Gasteiger partial charge < -0.3 is 9.80 Å². The lowest BCUT2D eigenvalue weighted by Gasteiger charge is -2.35. The molecule has 2 amide bonds. The lowest BCUT2D eigenvalue weighted by atomic mass is 9.99. The summed E-state index contributed by atoms with van der Waals surface area (Å²) in [5.41, 5.74) is 0.985. The molecule has 0 N–H and O–H groups in total. The molecule has 3 heterocycles. The van der Waals surface area contributed by atoms with E-state index >= 15 is 0 Å². The zero-order valence-electron chi connectivity index (χ0n) is 14.5. The topological polar surface area (TPSA) is 53.5 Å². The van der Waals surface area contributed by atoms with Crippen LogP contribution in [0.2, 0.25) is 0 Å². The highest BCUT2D eigenvalue weighted by Crippen LogP contribution is 2.22. The van der Waals surface area contributed by atoms with E-state index in [-0.39, 0.29) is 11.8 Å². The van der Waals surface area contributed by atoms with E-state index in [1.54, 1.807) is 18.3 Å². The molecule has 0 bridgehead atoms. The lowest BCUT2D eigenvalue weighted by molar-refractivity contribution is 0.0602. The summed E-state index contributed by atoms with van der Waals surface area (Å²) >= 11 is 0. The minimum atomic E-state index is -0.0326. The molecule has 1 unspecified atom stereocenters. The first-order valence-electron chi connectivity index (χ1n) is 9.27. The lowest BCUT2D eigenvalue weighted by Crippen LogP contribution is -2.43. The number of likely N-dealkylation sites (tertiary alicyclic amines) is 2. The van der Waals surface area contributed by atoms with Crippen LogP contribution in [0.1, 0.15) is 72.7 Å². The Labute approximate surface area is 144 Å². The van der Waals surface area contributed by atoms with Gasteiger partial charge in [0.25, 0.3) is 11.8 Å². The molecule has 1 atom stereocenters. The van der Waals surface area contributed by atoms with Gasteiger partial charge in [-0.25, -0.2) is 0 Å². The molecular formula is C19H27N3O2. The fourth-order valence-corrected chi connectivity index (χ4v) is 3.80. The fourth-order valence-electron chi connectivity index (χ4n) is 3.80. The summed E-state index contributed by atoms with van der Waals surface area (Å²) in [5, 5.41) is 0. The molecule has 130 valence electrons. The maximum atomic E-state index is 12.9. The second-order valence-electron chi connectivity index (χ2n) is 6.84. The SMILES string of the molecule is CCC1CCCCN1C(=O)c1cc(C(=O)N2CCCCC2)ccn1. The van der Waals surface area contributed by atoms with Gasteiger partial charge in [0.15, 0.2) is 0 Å². The normalized spacial score (nSPS) is 21.6. The fraction of sp³-hybridized carbons (Fsp3) is 0.632. The Kier molecular flexibility index (Phi) is 5.48. The van der Waals surface area contributed by atoms with E-state index in [1.807, 2.05) is 9.80 Å². The molecular weight excluding hydrogens is 302 g/mol. The van der Waals surface area contributed by atoms with Crippen molar-refractivity contribution in [3.8, 4) is 0 Å². The molecule has 0 radical (unpaired) electrons. The van der Waals surface area contributed by atoms with Crippen LogP contribution in [-0.4, -0.2) is 52.3 Å². The smallest absolute Gasteiger partial charge is 0.272 e. The van der Waals surface area contributed by atoms with Crippen LogP contribution >= 0.6 is 0 Å². The molecule has 2 aliphatic heterocycles. The van der Waals surface area contributed by atoms with Crippen LogP contribution < -0.4 is 0 Å². The molecule has 2 fully saturated rings. The van der Waals surface area contributed by atoms with Crippen molar-refractivity contribution in [3.63, 3.8) is 0 Å². The van der Waals surface area contributed by atoms with Gasteiger partial charge >= 0.3 is 0 Å². The molecule has 1 aromatic heterocycles. The van der Waals surface area contributed by atoms with E-state index in [0.717, 1.165) is 51.7 Å². The van der Waals surface area contributed by atoms with Gasteiger partial charge in [-0.3, -0.25) is 14.6 Å². The summed E-state index contributed by atoms with van der Waals surface area (Å²) in [7, 11) is 0. The minimum Gasteiger partial charge on any atom is -0.339 e. The molecule has 2 aliphatic rings. The van der Waals surface area contributed by atoms with E-state index in [9.17, 15) is 9.59 Å². The maximum absolute atomic E-state index is 12.9. The molecule has 2 saturated heterocycles. The molecule has 0 aliphatic carbocycles. The molecule has 5 nitrogen and oxygen atoms in total. The summed E-state index contributed by atoms with van der Waals surface area (Å²) in [6.07, 6.45) is 9.18. The number of hydrogen-bond donors (Lipinski definition) is 0. The van der Waals surface area contributed by atoms with Crippen LogP contribution in [0.25, 0.3) is 0 Å². The second kappa shape index (κ2) is 7.77. The van der Waals surface area contributed by atoms with Gasteiger partial charge in [-0.05, 0) is 57.1 Å². The van der Waals surface area contributed by atoms with Crippen LogP contribution in [0.4, 0.5) is 0 Å². The Morgan fingerprint density at radius 2 is 1.83 bits per heavy atom. The Hall–Kier alpha value is -1.91. The summed E-state index contributed by atoms with van der Waals surface area (Å²) in [6, 6.07) is 3.71. The van der Waals surface area contributed by atoms with Gasteiger partial charge in [0.2, 0.25) is 0 Å². The largest absolute Gasteiger partial charge is 0.339 e. The van der Waals surface area contributed by atoms with Gasteiger partial charge in [0, 0.05) is 37.4 Å². The molecule has 1 aromatic rings. The van der Waals surface area contributed by atoms with E-state index in [2.05, 4.69) is 11.9 Å². The molecule has 5 heteroatoms. The third kappa shape index (κ3) is 3.60. The number of nitrogens with zero attached hydrogens (tertiary/aromatic N) is 3. The number of amides is 2. The van der Waals surface area contributed by atoms with Crippen molar-refractivity contribution in [3.05, 3.63) is 29.6 Å². The first-order valence-corrected chi connectivity index (χ1v) is 9.27. The first kappa shape index (κ1) is 16.9. The van der Waals surface area contributed by atoms with Crippen LogP contribution in [0, 0.1) is 0 Å². The zero-order chi connectivity index (χ0) is 16.9. The third-order valence-corrected chi connectivity index (χ3v) is 5.23. The number of rotatable bonds is 3. The summed E-state index contributed by atoms with van der Waals surface area (Å²) < 4.78 is 0. The second-order valence-corrected chi connectivity index (χ2v) is 6.84. The minimum absolute atomic E-state index is 0.0248. The van der Waals surface area contributed by atoms with Crippen molar-refractivity contribution in [1.82, 2.24) is 14.8 Å². The standard InChI is InChI=1S/C19H27N3O2/c1-2-16-8-4-7-13-22(16)19(24)17-14-15(9-10-20-17)18(23)21-11-5-3-6-12-21/h9-10,14,16H,2-8,11-13H2,1H3. The van der Waals surface area contributed by atoms with Gasteiger partial charge in [-0.15, -0.1) is 0 Å². The summed E-state index contributed by atoms with van der Waals surface area (Å²) in [4.78, 5) is 33.6. The van der Waals surface area contributed by atoms with Crippen molar-refractivity contribution >= 4 is 11.8 Å². The van der Waals surface area contributed by atoms with Crippen molar-refractivity contribution in [2.75, 3.05) is 19.6 Å². The van der Waals surface area contributed by atoms with Gasteiger partial charge in [0.1, 0.15) is 5.69 Å². The van der Waals surface area contributed by atoms with Crippen LogP contribution in [-0.2, 0) is 0 Å². The molecule has 0 spiro atoms. The molecule has 24 heavy (non-hydrogen) atoms. The highest BCUT2D eigenvalue weighted by molar-refractivity contribution is 5.98. The zero-order valence-corrected chi connectivity index (χ0v) is 14.5. The number of carbonyl (C=O) groups is 2. The average Bonchev–Trinajstić information content (AvgIpc) is 2.67. The Bertz CT molecular complexity index is 596. The predicted molar refractivity (Wildman–Crippen MR) is 93.0 cm³/mol. The number of aromatic nitrogens is 1. The Morgan fingerprint density at radius 3 is 2.58 bits per heavy atom. The monoisotopic (exact) mass is 329 g/mol. The number of hydrogen-bond acceptors (Lipinski definition) is 3. The van der Waals surface area contributed by atoms with Crippen LogP contribution in [0.3, 0.4) is 0 Å². The predicted octanol–water partition coefficient (Wildman–Crippen LogP) is 3.11. The quantitative estimate of drug-likeness (QED) is 0.856. The Morgan fingerprint density at radius 1 is 1.08 bits per heavy atom. The molecule has 0 saturated carbocycles. The van der Waals surface area contributed by atoms with E-state index in [0.29, 0.717) is 17.3 Å². The van der Waals surface area contributed by atoms with Crippen LogP contribution in [0.5, 0.6) is 0 Å². The third-order valence-electron chi connectivity index (χ3n) is 5.23. The van der Waals surface area contributed by atoms with Gasteiger partial charge in [-0.1, -0.05) is 6.92 Å². The van der Waals surface area contributed by atoms with E-state index < -0.39 is 0 Å². The number of carbonyl (C=O) groups excluding carboxylic acids is 2. The Balaban J connectivity index is 1.76. The van der Waals surface area contributed by atoms with Crippen molar-refractivity contribution in [1.29, 1.82) is 0 Å². The molecule has 0 aromatic carbocycles.